The maximum absolute atomic E-state index is 12.0. The predicted octanol–water partition coefficient (Wildman–Crippen LogP) is 2.44. The number of likely N-dealkylation sites (N-methyl/N-ethyl adjacent to an activating group) is 1. The molecule has 1 N–H and O–H groups in total. The van der Waals surface area contributed by atoms with Crippen LogP contribution < -0.4 is 5.32 Å². The number of rotatable bonds is 5. The van der Waals surface area contributed by atoms with Gasteiger partial charge >= 0.3 is 0 Å². The Labute approximate surface area is 125 Å². The van der Waals surface area contributed by atoms with Gasteiger partial charge in [-0.25, -0.2) is 4.98 Å². The highest BCUT2D eigenvalue weighted by Gasteiger charge is 2.28. The summed E-state index contributed by atoms with van der Waals surface area (Å²) >= 11 is 1.79. The van der Waals surface area contributed by atoms with Crippen molar-refractivity contribution in [1.82, 2.24) is 15.2 Å². The maximum atomic E-state index is 12.0. The zero-order chi connectivity index (χ0) is 14.5. The molecule has 1 unspecified atom stereocenters. The maximum Gasteiger partial charge on any atom is 0.237 e. The molecule has 0 saturated carbocycles. The number of likely N-dealkylation sites (tertiary alicyclic amines) is 1. The van der Waals surface area contributed by atoms with Gasteiger partial charge in [-0.05, 0) is 25.3 Å². The number of hydrogen-bond acceptors (Lipinski definition) is 4. The Balaban J connectivity index is 1.99. The van der Waals surface area contributed by atoms with Crippen LogP contribution in [0.15, 0.2) is 6.20 Å². The molecule has 0 spiro atoms. The van der Waals surface area contributed by atoms with Crippen LogP contribution in [0.3, 0.4) is 0 Å². The first kappa shape index (κ1) is 15.4. The van der Waals surface area contributed by atoms with Crippen molar-refractivity contribution in [3.8, 4) is 0 Å². The van der Waals surface area contributed by atoms with Crippen molar-refractivity contribution in [2.45, 2.75) is 52.1 Å². The quantitative estimate of drug-likeness (QED) is 0.907. The third-order valence-corrected chi connectivity index (χ3v) is 4.71. The molecule has 1 atom stereocenters. The Morgan fingerprint density at radius 3 is 3.05 bits per heavy atom. The van der Waals surface area contributed by atoms with Crippen molar-refractivity contribution in [2.24, 2.45) is 5.92 Å². The predicted molar refractivity (Wildman–Crippen MR) is 82.8 cm³/mol. The molecule has 4 nitrogen and oxygen atoms in total. The Morgan fingerprint density at radius 1 is 1.55 bits per heavy atom. The van der Waals surface area contributed by atoms with Crippen molar-refractivity contribution in [2.75, 3.05) is 13.6 Å². The standard InChI is InChI=1S/C15H25N3OS/c1-11(2)8-14-17-9-12(20-14)10-18-7-5-4-6-13(18)15(19)16-3/h9,11,13H,4-8,10H2,1-3H3,(H,16,19). The van der Waals surface area contributed by atoms with E-state index in [4.69, 9.17) is 0 Å². The number of nitrogens with one attached hydrogen (secondary N) is 1. The Hall–Kier alpha value is -0.940. The highest BCUT2D eigenvalue weighted by atomic mass is 32.1. The van der Waals surface area contributed by atoms with Crippen molar-refractivity contribution in [3.05, 3.63) is 16.1 Å². The van der Waals surface area contributed by atoms with E-state index in [-0.39, 0.29) is 11.9 Å². The summed E-state index contributed by atoms with van der Waals surface area (Å²) in [6, 6.07) is 0.0319. The minimum absolute atomic E-state index is 0.0319. The smallest absolute Gasteiger partial charge is 0.237 e. The molecule has 20 heavy (non-hydrogen) atoms. The molecular weight excluding hydrogens is 270 g/mol. The van der Waals surface area contributed by atoms with Gasteiger partial charge in [0, 0.05) is 31.1 Å². The highest BCUT2D eigenvalue weighted by Crippen LogP contribution is 2.23. The minimum atomic E-state index is 0.0319. The number of thiazole rings is 1. The minimum Gasteiger partial charge on any atom is -0.358 e. The van der Waals surface area contributed by atoms with Gasteiger partial charge in [0.05, 0.1) is 11.0 Å². The van der Waals surface area contributed by atoms with Crippen molar-refractivity contribution in [3.63, 3.8) is 0 Å². The number of nitrogens with zero attached hydrogens (tertiary/aromatic N) is 2. The van der Waals surface area contributed by atoms with Crippen LogP contribution in [0.2, 0.25) is 0 Å². The molecule has 0 aliphatic carbocycles. The van der Waals surface area contributed by atoms with Gasteiger partial charge in [0.25, 0.3) is 0 Å². The van der Waals surface area contributed by atoms with Gasteiger partial charge in [0.15, 0.2) is 0 Å². The number of amides is 1. The van der Waals surface area contributed by atoms with E-state index in [1.807, 2.05) is 6.20 Å². The second-order valence-electron chi connectivity index (χ2n) is 5.91. The van der Waals surface area contributed by atoms with Gasteiger partial charge in [-0.1, -0.05) is 20.3 Å². The summed E-state index contributed by atoms with van der Waals surface area (Å²) in [5.41, 5.74) is 0. The van der Waals surface area contributed by atoms with Crippen LogP contribution in [0.25, 0.3) is 0 Å². The van der Waals surface area contributed by atoms with Crippen LogP contribution in [0.4, 0.5) is 0 Å². The lowest BCUT2D eigenvalue weighted by Gasteiger charge is -2.33. The second kappa shape index (κ2) is 7.18. The van der Waals surface area contributed by atoms with Crippen LogP contribution in [0.1, 0.15) is 43.0 Å². The fourth-order valence-electron chi connectivity index (χ4n) is 2.71. The first-order valence-electron chi connectivity index (χ1n) is 7.49. The third kappa shape index (κ3) is 4.03. The van der Waals surface area contributed by atoms with Crippen LogP contribution >= 0.6 is 11.3 Å². The zero-order valence-electron chi connectivity index (χ0n) is 12.7. The van der Waals surface area contributed by atoms with E-state index in [2.05, 4.69) is 29.0 Å². The van der Waals surface area contributed by atoms with E-state index in [0.29, 0.717) is 5.92 Å². The summed E-state index contributed by atoms with van der Waals surface area (Å²) in [5.74, 6) is 0.791. The van der Waals surface area contributed by atoms with Crippen LogP contribution in [-0.2, 0) is 17.8 Å². The van der Waals surface area contributed by atoms with Gasteiger partial charge in [-0.2, -0.15) is 0 Å². The Morgan fingerprint density at radius 2 is 2.35 bits per heavy atom. The number of carbonyl (C=O) groups excluding carboxylic acids is 1. The summed E-state index contributed by atoms with van der Waals surface area (Å²) in [5, 5.41) is 4.00. The molecule has 1 aliphatic heterocycles. The summed E-state index contributed by atoms with van der Waals surface area (Å²) < 4.78 is 0. The van der Waals surface area contributed by atoms with E-state index in [9.17, 15) is 4.79 Å². The summed E-state index contributed by atoms with van der Waals surface area (Å²) in [6.07, 6.45) is 6.33. The molecule has 5 heteroatoms. The van der Waals surface area contributed by atoms with Gasteiger partial charge in [-0.3, -0.25) is 9.69 Å². The summed E-state index contributed by atoms with van der Waals surface area (Å²) in [6.45, 7) is 6.30. The van der Waals surface area contributed by atoms with E-state index < -0.39 is 0 Å². The average molecular weight is 295 g/mol. The first-order chi connectivity index (χ1) is 9.60. The lowest BCUT2D eigenvalue weighted by Crippen LogP contribution is -2.48. The lowest BCUT2D eigenvalue weighted by atomic mass is 10.0. The van der Waals surface area contributed by atoms with Crippen LogP contribution in [0.5, 0.6) is 0 Å². The molecule has 1 aromatic heterocycles. The molecule has 1 aromatic rings. The number of piperidine rings is 1. The molecular formula is C15H25N3OS. The molecule has 1 saturated heterocycles. The molecule has 1 fully saturated rings. The first-order valence-corrected chi connectivity index (χ1v) is 8.31. The van der Waals surface area contributed by atoms with Gasteiger partial charge in [-0.15, -0.1) is 11.3 Å². The fourth-order valence-corrected chi connectivity index (χ4v) is 3.87. The Kier molecular flexibility index (Phi) is 5.54. The number of aromatic nitrogens is 1. The third-order valence-electron chi connectivity index (χ3n) is 3.71. The molecule has 1 aliphatic rings. The van der Waals surface area contributed by atoms with Crippen LogP contribution in [0, 0.1) is 5.92 Å². The molecule has 0 aromatic carbocycles. The van der Waals surface area contributed by atoms with Crippen molar-refractivity contribution >= 4 is 17.2 Å². The molecule has 0 radical (unpaired) electrons. The van der Waals surface area contributed by atoms with E-state index >= 15 is 0 Å². The number of carbonyl (C=O) groups is 1. The summed E-state index contributed by atoms with van der Waals surface area (Å²) in [7, 11) is 1.72. The second-order valence-corrected chi connectivity index (χ2v) is 7.11. The van der Waals surface area contributed by atoms with E-state index in [1.165, 1.54) is 16.3 Å². The molecule has 0 bridgehead atoms. The van der Waals surface area contributed by atoms with E-state index in [1.54, 1.807) is 18.4 Å². The van der Waals surface area contributed by atoms with Gasteiger partial charge in [0.2, 0.25) is 5.91 Å². The molecule has 2 rings (SSSR count). The molecule has 112 valence electrons. The highest BCUT2D eigenvalue weighted by molar-refractivity contribution is 7.11. The monoisotopic (exact) mass is 295 g/mol. The normalized spacial score (nSPS) is 20.3. The number of hydrogen-bond donors (Lipinski definition) is 1. The van der Waals surface area contributed by atoms with Gasteiger partial charge < -0.3 is 5.32 Å². The zero-order valence-corrected chi connectivity index (χ0v) is 13.5. The van der Waals surface area contributed by atoms with Crippen molar-refractivity contribution < 1.29 is 4.79 Å². The van der Waals surface area contributed by atoms with E-state index in [0.717, 1.165) is 32.4 Å². The molecule has 1 amide bonds. The fraction of sp³-hybridized carbons (Fsp3) is 0.733. The van der Waals surface area contributed by atoms with Gasteiger partial charge in [0.1, 0.15) is 0 Å². The van der Waals surface area contributed by atoms with Crippen molar-refractivity contribution in [1.29, 1.82) is 0 Å². The Bertz CT molecular complexity index is 444. The lowest BCUT2D eigenvalue weighted by molar-refractivity contribution is -0.127. The molecule has 2 heterocycles. The summed E-state index contributed by atoms with van der Waals surface area (Å²) in [4.78, 5) is 20.0. The van der Waals surface area contributed by atoms with Crippen LogP contribution in [-0.4, -0.2) is 35.4 Å². The topological polar surface area (TPSA) is 45.2 Å². The largest absolute Gasteiger partial charge is 0.358 e. The SMILES string of the molecule is CNC(=O)C1CCCCN1Cc1cnc(CC(C)C)s1. The average Bonchev–Trinajstić information content (AvgIpc) is 2.85.